The van der Waals surface area contributed by atoms with Crippen molar-refractivity contribution in [3.63, 3.8) is 0 Å². The lowest BCUT2D eigenvalue weighted by molar-refractivity contribution is 0.441. The van der Waals surface area contributed by atoms with E-state index < -0.39 is 0 Å². The third kappa shape index (κ3) is 3.83. The molecule has 0 aliphatic heterocycles. The van der Waals surface area contributed by atoms with Crippen LogP contribution in [0.1, 0.15) is 24.0 Å². The van der Waals surface area contributed by atoms with E-state index >= 15 is 0 Å². The van der Waals surface area contributed by atoms with Gasteiger partial charge in [-0.1, -0.05) is 22.0 Å². The Morgan fingerprint density at radius 3 is 2.71 bits per heavy atom. The zero-order valence-corrected chi connectivity index (χ0v) is 13.4. The van der Waals surface area contributed by atoms with Crippen molar-refractivity contribution >= 4 is 15.9 Å². The topological polar surface area (TPSA) is 21.3 Å². The van der Waals surface area contributed by atoms with E-state index in [2.05, 4.69) is 28.2 Å². The molecule has 0 bridgehead atoms. The van der Waals surface area contributed by atoms with Crippen LogP contribution in [0.3, 0.4) is 0 Å². The summed E-state index contributed by atoms with van der Waals surface area (Å²) in [4.78, 5) is 0. The van der Waals surface area contributed by atoms with Crippen LogP contribution in [0.25, 0.3) is 0 Å². The second kappa shape index (κ2) is 6.16. The molecule has 110 valence electrons. The molecule has 0 amide bonds. The molecule has 0 heterocycles. The van der Waals surface area contributed by atoms with E-state index in [4.69, 9.17) is 4.74 Å². The Morgan fingerprint density at radius 1 is 1.24 bits per heavy atom. The van der Waals surface area contributed by atoms with Crippen molar-refractivity contribution in [3.05, 3.63) is 57.8 Å². The van der Waals surface area contributed by atoms with Gasteiger partial charge in [0.15, 0.2) is 11.6 Å². The Balaban J connectivity index is 1.71. The maximum atomic E-state index is 13.8. The molecule has 2 aromatic rings. The lowest BCUT2D eigenvalue weighted by Crippen LogP contribution is -2.15. The van der Waals surface area contributed by atoms with Crippen LogP contribution in [-0.2, 0) is 6.54 Å². The first-order chi connectivity index (χ1) is 10.1. The van der Waals surface area contributed by atoms with Crippen LogP contribution in [0, 0.1) is 12.7 Å². The monoisotopic (exact) mass is 349 g/mol. The fourth-order valence-electron chi connectivity index (χ4n) is 2.16. The molecule has 0 spiro atoms. The summed E-state index contributed by atoms with van der Waals surface area (Å²) in [7, 11) is 0. The number of aryl methyl sites for hydroxylation is 1. The minimum Gasteiger partial charge on any atom is -0.454 e. The smallest absolute Gasteiger partial charge is 0.166 e. The summed E-state index contributed by atoms with van der Waals surface area (Å²) in [5.74, 6) is 0.520. The van der Waals surface area contributed by atoms with E-state index in [0.717, 1.165) is 12.1 Å². The summed E-state index contributed by atoms with van der Waals surface area (Å²) in [5.41, 5.74) is 2.41. The number of ether oxygens (including phenoxy) is 1. The second-order valence-electron chi connectivity index (χ2n) is 5.42. The molecule has 3 rings (SSSR count). The van der Waals surface area contributed by atoms with Gasteiger partial charge in [0.25, 0.3) is 0 Å². The summed E-state index contributed by atoms with van der Waals surface area (Å²) >= 11 is 3.23. The van der Waals surface area contributed by atoms with Gasteiger partial charge < -0.3 is 10.1 Å². The Bertz CT molecular complexity index is 655. The van der Waals surface area contributed by atoms with Gasteiger partial charge in [-0.05, 0) is 61.2 Å². The third-order valence-electron chi connectivity index (χ3n) is 3.59. The van der Waals surface area contributed by atoms with Crippen LogP contribution in [-0.4, -0.2) is 6.04 Å². The normalized spacial score (nSPS) is 14.2. The molecule has 2 nitrogen and oxygen atoms in total. The summed E-state index contributed by atoms with van der Waals surface area (Å²) in [6, 6.07) is 11.4. The fraction of sp³-hybridized carbons (Fsp3) is 0.294. The highest BCUT2D eigenvalue weighted by Crippen LogP contribution is 2.28. The van der Waals surface area contributed by atoms with E-state index in [1.807, 2.05) is 18.2 Å². The van der Waals surface area contributed by atoms with Gasteiger partial charge in [-0.15, -0.1) is 0 Å². The van der Waals surface area contributed by atoms with Gasteiger partial charge in [0.2, 0.25) is 0 Å². The SMILES string of the molecule is Cc1cc(Oc2ccc(Br)cc2F)ccc1CNC1CC1. The van der Waals surface area contributed by atoms with Crippen LogP contribution in [0.4, 0.5) is 4.39 Å². The van der Waals surface area contributed by atoms with Crippen LogP contribution in [0.15, 0.2) is 40.9 Å². The van der Waals surface area contributed by atoms with Crippen molar-refractivity contribution in [1.82, 2.24) is 5.32 Å². The van der Waals surface area contributed by atoms with Crippen molar-refractivity contribution in [3.8, 4) is 11.5 Å². The summed E-state index contributed by atoms with van der Waals surface area (Å²) in [6.45, 7) is 2.93. The van der Waals surface area contributed by atoms with E-state index in [1.165, 1.54) is 24.5 Å². The minimum atomic E-state index is -0.374. The molecule has 1 N–H and O–H groups in total. The van der Waals surface area contributed by atoms with Gasteiger partial charge in [-0.2, -0.15) is 0 Å². The van der Waals surface area contributed by atoms with E-state index in [0.29, 0.717) is 16.3 Å². The Kier molecular flexibility index (Phi) is 4.27. The van der Waals surface area contributed by atoms with Crippen LogP contribution in [0.5, 0.6) is 11.5 Å². The van der Waals surface area contributed by atoms with Gasteiger partial charge in [-0.25, -0.2) is 4.39 Å². The molecule has 0 radical (unpaired) electrons. The molecule has 0 atom stereocenters. The lowest BCUT2D eigenvalue weighted by Gasteiger charge is -2.11. The van der Waals surface area contributed by atoms with E-state index in [9.17, 15) is 4.39 Å². The van der Waals surface area contributed by atoms with Crippen LogP contribution in [0.2, 0.25) is 0 Å². The van der Waals surface area contributed by atoms with Crippen molar-refractivity contribution in [2.45, 2.75) is 32.4 Å². The Morgan fingerprint density at radius 2 is 2.05 bits per heavy atom. The maximum absolute atomic E-state index is 13.8. The zero-order valence-electron chi connectivity index (χ0n) is 11.8. The molecular weight excluding hydrogens is 333 g/mol. The Hall–Kier alpha value is -1.39. The number of rotatable bonds is 5. The van der Waals surface area contributed by atoms with Gasteiger partial charge in [0, 0.05) is 17.1 Å². The van der Waals surface area contributed by atoms with Crippen molar-refractivity contribution in [1.29, 1.82) is 0 Å². The largest absolute Gasteiger partial charge is 0.454 e. The van der Waals surface area contributed by atoms with Crippen molar-refractivity contribution in [2.75, 3.05) is 0 Å². The molecule has 0 saturated heterocycles. The van der Waals surface area contributed by atoms with Crippen LogP contribution < -0.4 is 10.1 Å². The fourth-order valence-corrected chi connectivity index (χ4v) is 2.49. The number of benzene rings is 2. The van der Waals surface area contributed by atoms with Gasteiger partial charge in [0.1, 0.15) is 5.75 Å². The predicted molar refractivity (Wildman–Crippen MR) is 85.2 cm³/mol. The maximum Gasteiger partial charge on any atom is 0.166 e. The average Bonchev–Trinajstić information content (AvgIpc) is 3.25. The highest BCUT2D eigenvalue weighted by Gasteiger charge is 2.20. The van der Waals surface area contributed by atoms with Gasteiger partial charge in [0.05, 0.1) is 0 Å². The lowest BCUT2D eigenvalue weighted by atomic mass is 10.1. The molecule has 1 aliphatic carbocycles. The molecule has 1 saturated carbocycles. The van der Waals surface area contributed by atoms with E-state index in [1.54, 1.807) is 12.1 Å². The molecule has 0 aromatic heterocycles. The summed E-state index contributed by atoms with van der Waals surface area (Å²) in [6.07, 6.45) is 2.56. The zero-order chi connectivity index (χ0) is 14.8. The summed E-state index contributed by atoms with van der Waals surface area (Å²) in [5, 5.41) is 3.49. The van der Waals surface area contributed by atoms with E-state index in [-0.39, 0.29) is 11.6 Å². The number of nitrogens with one attached hydrogen (secondary N) is 1. The standard InChI is InChI=1S/C17H17BrFNO/c1-11-8-15(6-2-12(11)10-20-14-4-5-14)21-17-7-3-13(18)9-16(17)19/h2-3,6-9,14,20H,4-5,10H2,1H3. The van der Waals surface area contributed by atoms with Crippen molar-refractivity contribution < 1.29 is 9.13 Å². The molecule has 2 aromatic carbocycles. The Labute approximate surface area is 132 Å². The number of hydrogen-bond donors (Lipinski definition) is 1. The van der Waals surface area contributed by atoms with Gasteiger partial charge >= 0.3 is 0 Å². The second-order valence-corrected chi connectivity index (χ2v) is 6.34. The molecule has 1 aliphatic rings. The van der Waals surface area contributed by atoms with Crippen molar-refractivity contribution in [2.24, 2.45) is 0 Å². The molecule has 4 heteroatoms. The molecular formula is C17H17BrFNO. The van der Waals surface area contributed by atoms with Gasteiger partial charge in [-0.3, -0.25) is 0 Å². The molecule has 21 heavy (non-hydrogen) atoms. The summed E-state index contributed by atoms with van der Waals surface area (Å²) < 4.78 is 20.1. The number of hydrogen-bond acceptors (Lipinski definition) is 2. The number of halogens is 2. The molecule has 0 unspecified atom stereocenters. The third-order valence-corrected chi connectivity index (χ3v) is 4.09. The van der Waals surface area contributed by atoms with Crippen LogP contribution >= 0.6 is 15.9 Å². The minimum absolute atomic E-state index is 0.237. The quantitative estimate of drug-likeness (QED) is 0.825. The highest BCUT2D eigenvalue weighted by atomic mass is 79.9. The first-order valence-corrected chi connectivity index (χ1v) is 7.87. The average molecular weight is 350 g/mol. The predicted octanol–water partition coefficient (Wildman–Crippen LogP) is 4.94. The highest BCUT2D eigenvalue weighted by molar-refractivity contribution is 9.10. The first-order valence-electron chi connectivity index (χ1n) is 7.07. The first kappa shape index (κ1) is 14.5. The molecule has 1 fully saturated rings.